The number of hydrogen-bond acceptors (Lipinski definition) is 3. The summed E-state index contributed by atoms with van der Waals surface area (Å²) in [4.78, 5) is 2.09. The summed E-state index contributed by atoms with van der Waals surface area (Å²) >= 11 is 0. The lowest BCUT2D eigenvalue weighted by atomic mass is 10.2. The van der Waals surface area contributed by atoms with Gasteiger partial charge in [0.15, 0.2) is 0 Å². The molecule has 2 rings (SSSR count). The maximum absolute atomic E-state index is 13.2. The summed E-state index contributed by atoms with van der Waals surface area (Å²) in [6, 6.07) is 4.91. The van der Waals surface area contributed by atoms with Crippen molar-refractivity contribution in [3.63, 3.8) is 0 Å². The first-order chi connectivity index (χ1) is 6.77. The van der Waals surface area contributed by atoms with E-state index in [1.54, 1.807) is 6.07 Å². The van der Waals surface area contributed by atoms with Crippen LogP contribution in [0.5, 0.6) is 0 Å². The molecule has 0 bridgehead atoms. The first kappa shape index (κ1) is 15.3. The molecule has 0 spiro atoms. The van der Waals surface area contributed by atoms with Gasteiger partial charge in [-0.25, -0.2) is 4.39 Å². The minimum atomic E-state index is -0.353. The van der Waals surface area contributed by atoms with Crippen molar-refractivity contribution in [2.24, 2.45) is 0 Å². The van der Waals surface area contributed by atoms with Crippen molar-refractivity contribution < 1.29 is 9.13 Å². The van der Waals surface area contributed by atoms with Gasteiger partial charge in [0.2, 0.25) is 0 Å². The Morgan fingerprint density at radius 2 is 1.81 bits per heavy atom. The van der Waals surface area contributed by atoms with Crippen LogP contribution in [0.2, 0.25) is 0 Å². The van der Waals surface area contributed by atoms with Crippen LogP contribution in [0.15, 0.2) is 18.2 Å². The fraction of sp³-hybridized carbons (Fsp3) is 0.400. The van der Waals surface area contributed by atoms with Crippen LogP contribution in [0, 0.1) is 5.82 Å². The second-order valence-corrected chi connectivity index (χ2v) is 3.31. The van der Waals surface area contributed by atoms with Crippen LogP contribution in [-0.4, -0.2) is 26.3 Å². The van der Waals surface area contributed by atoms with E-state index in [1.165, 1.54) is 6.07 Å². The lowest BCUT2D eigenvalue weighted by molar-refractivity contribution is 0.122. The van der Waals surface area contributed by atoms with Crippen molar-refractivity contribution in [1.82, 2.24) is 0 Å². The first-order valence-electron chi connectivity index (χ1n) is 4.65. The maximum atomic E-state index is 13.2. The molecular formula is C10H15Cl2FN2O. The van der Waals surface area contributed by atoms with Crippen LogP contribution in [-0.2, 0) is 4.74 Å². The standard InChI is InChI=1S/C10H13FN2O.2ClH/c11-9-7-8(1-2-10(9)12)13-3-5-14-6-4-13;;/h1-2,7H,3-6,12H2;2*1H. The SMILES string of the molecule is Cl.Cl.Nc1ccc(N2CCOCC2)cc1F. The van der Waals surface area contributed by atoms with Crippen molar-refractivity contribution >= 4 is 36.2 Å². The van der Waals surface area contributed by atoms with Gasteiger partial charge in [-0.3, -0.25) is 0 Å². The van der Waals surface area contributed by atoms with Crippen LogP contribution >= 0.6 is 24.8 Å². The van der Waals surface area contributed by atoms with Gasteiger partial charge in [-0.05, 0) is 18.2 Å². The molecule has 0 radical (unpaired) electrons. The molecule has 1 heterocycles. The zero-order valence-corrected chi connectivity index (χ0v) is 10.3. The van der Waals surface area contributed by atoms with E-state index in [0.717, 1.165) is 18.8 Å². The topological polar surface area (TPSA) is 38.5 Å². The van der Waals surface area contributed by atoms with E-state index in [-0.39, 0.29) is 36.3 Å². The number of hydrogen-bond donors (Lipinski definition) is 1. The lowest BCUT2D eigenvalue weighted by Gasteiger charge is -2.28. The molecule has 1 aromatic carbocycles. The second kappa shape index (κ2) is 6.78. The average Bonchev–Trinajstić information content (AvgIpc) is 2.23. The molecular weight excluding hydrogens is 254 g/mol. The minimum Gasteiger partial charge on any atom is -0.396 e. The van der Waals surface area contributed by atoms with Gasteiger partial charge < -0.3 is 15.4 Å². The van der Waals surface area contributed by atoms with Crippen molar-refractivity contribution in [2.75, 3.05) is 36.9 Å². The molecule has 1 fully saturated rings. The number of nitrogens with zero attached hydrogens (tertiary/aromatic N) is 1. The van der Waals surface area contributed by atoms with E-state index >= 15 is 0 Å². The van der Waals surface area contributed by atoms with Gasteiger partial charge in [0.05, 0.1) is 18.9 Å². The normalized spacial score (nSPS) is 14.9. The molecule has 1 aliphatic rings. The molecule has 0 saturated carbocycles. The van der Waals surface area contributed by atoms with Gasteiger partial charge in [0.1, 0.15) is 5.82 Å². The zero-order valence-electron chi connectivity index (χ0n) is 8.69. The summed E-state index contributed by atoms with van der Waals surface area (Å²) < 4.78 is 18.4. The van der Waals surface area contributed by atoms with Crippen molar-refractivity contribution in [1.29, 1.82) is 0 Å². The molecule has 92 valence electrons. The highest BCUT2D eigenvalue weighted by molar-refractivity contribution is 5.85. The third-order valence-corrected chi connectivity index (χ3v) is 2.36. The fourth-order valence-electron chi connectivity index (χ4n) is 1.53. The highest BCUT2D eigenvalue weighted by atomic mass is 35.5. The molecule has 0 aromatic heterocycles. The van der Waals surface area contributed by atoms with E-state index < -0.39 is 0 Å². The van der Waals surface area contributed by atoms with Crippen LogP contribution in [0.1, 0.15) is 0 Å². The minimum absolute atomic E-state index is 0. The number of anilines is 2. The van der Waals surface area contributed by atoms with E-state index in [4.69, 9.17) is 10.5 Å². The maximum Gasteiger partial charge on any atom is 0.148 e. The molecule has 16 heavy (non-hydrogen) atoms. The molecule has 2 N–H and O–H groups in total. The Balaban J connectivity index is 0.00000112. The van der Waals surface area contributed by atoms with Gasteiger partial charge in [-0.2, -0.15) is 0 Å². The quantitative estimate of drug-likeness (QED) is 0.793. The number of rotatable bonds is 1. The smallest absolute Gasteiger partial charge is 0.148 e. The highest BCUT2D eigenvalue weighted by Crippen LogP contribution is 2.20. The molecule has 0 atom stereocenters. The fourth-order valence-corrected chi connectivity index (χ4v) is 1.53. The predicted molar refractivity (Wildman–Crippen MR) is 68.3 cm³/mol. The van der Waals surface area contributed by atoms with Crippen LogP contribution < -0.4 is 10.6 Å². The van der Waals surface area contributed by atoms with Gasteiger partial charge in [0.25, 0.3) is 0 Å². The lowest BCUT2D eigenvalue weighted by Crippen LogP contribution is -2.36. The Labute approximate surface area is 107 Å². The number of nitrogen functional groups attached to an aromatic ring is 1. The molecule has 3 nitrogen and oxygen atoms in total. The molecule has 1 aliphatic heterocycles. The third-order valence-electron chi connectivity index (χ3n) is 2.36. The van der Waals surface area contributed by atoms with E-state index in [9.17, 15) is 4.39 Å². The number of morpholine rings is 1. The van der Waals surface area contributed by atoms with Gasteiger partial charge in [0, 0.05) is 18.8 Å². The Hall–Kier alpha value is -0.710. The summed E-state index contributed by atoms with van der Waals surface area (Å²) in [6.07, 6.45) is 0. The van der Waals surface area contributed by atoms with Gasteiger partial charge in [-0.1, -0.05) is 0 Å². The van der Waals surface area contributed by atoms with Crippen LogP contribution in [0.25, 0.3) is 0 Å². The Morgan fingerprint density at radius 3 is 2.38 bits per heavy atom. The predicted octanol–water partition coefficient (Wildman–Crippen LogP) is 2.09. The number of benzene rings is 1. The van der Waals surface area contributed by atoms with Gasteiger partial charge >= 0.3 is 0 Å². The van der Waals surface area contributed by atoms with Crippen LogP contribution in [0.4, 0.5) is 15.8 Å². The Kier molecular flexibility index (Phi) is 6.48. The molecule has 0 aliphatic carbocycles. The Bertz CT molecular complexity index is 333. The zero-order chi connectivity index (χ0) is 9.97. The number of nitrogens with two attached hydrogens (primary N) is 1. The number of ether oxygens (including phenoxy) is 1. The molecule has 0 amide bonds. The molecule has 6 heteroatoms. The van der Waals surface area contributed by atoms with E-state index in [1.807, 2.05) is 6.07 Å². The molecule has 0 unspecified atom stereocenters. The van der Waals surface area contributed by atoms with E-state index in [2.05, 4.69) is 4.90 Å². The van der Waals surface area contributed by atoms with Crippen molar-refractivity contribution in [2.45, 2.75) is 0 Å². The van der Waals surface area contributed by atoms with Crippen molar-refractivity contribution in [3.8, 4) is 0 Å². The highest BCUT2D eigenvalue weighted by Gasteiger charge is 2.12. The Morgan fingerprint density at radius 1 is 1.19 bits per heavy atom. The monoisotopic (exact) mass is 268 g/mol. The second-order valence-electron chi connectivity index (χ2n) is 3.31. The largest absolute Gasteiger partial charge is 0.396 e. The van der Waals surface area contributed by atoms with Crippen molar-refractivity contribution in [3.05, 3.63) is 24.0 Å². The summed E-state index contributed by atoms with van der Waals surface area (Å²) in [5.74, 6) is -0.353. The van der Waals surface area contributed by atoms with E-state index in [0.29, 0.717) is 13.2 Å². The summed E-state index contributed by atoms with van der Waals surface area (Å²) in [5, 5.41) is 0. The van der Waals surface area contributed by atoms with Gasteiger partial charge in [-0.15, -0.1) is 24.8 Å². The molecule has 1 aromatic rings. The number of halogens is 3. The summed E-state index contributed by atoms with van der Waals surface area (Å²) in [7, 11) is 0. The summed E-state index contributed by atoms with van der Waals surface area (Å²) in [6.45, 7) is 3.02. The van der Waals surface area contributed by atoms with Crippen LogP contribution in [0.3, 0.4) is 0 Å². The summed E-state index contributed by atoms with van der Waals surface area (Å²) in [5.41, 5.74) is 6.47. The molecule has 1 saturated heterocycles. The average molecular weight is 269 g/mol. The first-order valence-corrected chi connectivity index (χ1v) is 4.65. The third kappa shape index (κ3) is 3.40.